The van der Waals surface area contributed by atoms with Gasteiger partial charge in [-0.1, -0.05) is 24.3 Å². The minimum Gasteiger partial charge on any atom is -0.497 e. The molecule has 0 bridgehead atoms. The van der Waals surface area contributed by atoms with Gasteiger partial charge < -0.3 is 9.47 Å². The van der Waals surface area contributed by atoms with Crippen molar-refractivity contribution in [2.75, 3.05) is 7.11 Å². The molecule has 1 aromatic heterocycles. The van der Waals surface area contributed by atoms with E-state index in [2.05, 4.69) is 0 Å². The zero-order valence-electron chi connectivity index (χ0n) is 14.4. The van der Waals surface area contributed by atoms with Crippen molar-refractivity contribution in [1.29, 1.82) is 0 Å². The first-order valence-corrected chi connectivity index (χ1v) is 7.86. The van der Waals surface area contributed by atoms with Crippen molar-refractivity contribution in [2.24, 2.45) is 0 Å². The summed E-state index contributed by atoms with van der Waals surface area (Å²) in [4.78, 5) is 12.4. The van der Waals surface area contributed by atoms with Gasteiger partial charge in [0.1, 0.15) is 11.4 Å². The number of carbonyl (C=O) groups is 1. The molecule has 24 heavy (non-hydrogen) atoms. The molecule has 0 saturated heterocycles. The van der Waals surface area contributed by atoms with E-state index in [1.165, 1.54) is 0 Å². The molecule has 0 saturated carbocycles. The predicted molar refractivity (Wildman–Crippen MR) is 95.6 cm³/mol. The van der Waals surface area contributed by atoms with Gasteiger partial charge in [-0.25, -0.2) is 4.79 Å². The highest BCUT2D eigenvalue weighted by atomic mass is 16.6. The highest BCUT2D eigenvalue weighted by Gasteiger charge is 2.19. The highest BCUT2D eigenvalue weighted by Crippen LogP contribution is 2.27. The van der Waals surface area contributed by atoms with Gasteiger partial charge in [0.25, 0.3) is 0 Å². The summed E-state index contributed by atoms with van der Waals surface area (Å²) in [6, 6.07) is 15.8. The van der Waals surface area contributed by atoms with E-state index in [1.807, 2.05) is 69.3 Å². The Balaban J connectivity index is 2.00. The molecule has 0 aliphatic heterocycles. The van der Waals surface area contributed by atoms with Crippen LogP contribution in [0.1, 0.15) is 20.8 Å². The Morgan fingerprint density at radius 2 is 1.62 bits per heavy atom. The van der Waals surface area contributed by atoms with E-state index in [9.17, 15) is 4.79 Å². The van der Waals surface area contributed by atoms with Crippen molar-refractivity contribution in [3.63, 3.8) is 0 Å². The molecule has 1 heterocycles. The Morgan fingerprint density at radius 1 is 0.958 bits per heavy atom. The van der Waals surface area contributed by atoms with E-state index in [0.29, 0.717) is 0 Å². The van der Waals surface area contributed by atoms with Crippen molar-refractivity contribution in [2.45, 2.75) is 26.4 Å². The second kappa shape index (κ2) is 6.04. The second-order valence-corrected chi connectivity index (χ2v) is 6.67. The second-order valence-electron chi connectivity index (χ2n) is 6.67. The molecule has 0 radical (unpaired) electrons. The van der Waals surface area contributed by atoms with Crippen LogP contribution in [-0.4, -0.2) is 23.4 Å². The maximum Gasteiger partial charge on any atom is 0.418 e. The summed E-state index contributed by atoms with van der Waals surface area (Å²) in [6.07, 6.45) is 1.38. The molecule has 4 nitrogen and oxygen atoms in total. The van der Waals surface area contributed by atoms with Gasteiger partial charge >= 0.3 is 6.09 Å². The van der Waals surface area contributed by atoms with Gasteiger partial charge in [0.2, 0.25) is 0 Å². The molecule has 0 atom stereocenters. The monoisotopic (exact) mass is 323 g/mol. The van der Waals surface area contributed by atoms with Crippen LogP contribution in [0.3, 0.4) is 0 Å². The maximum absolute atomic E-state index is 12.4. The fraction of sp³-hybridized carbons (Fsp3) is 0.250. The van der Waals surface area contributed by atoms with E-state index >= 15 is 0 Å². The predicted octanol–water partition coefficient (Wildman–Crippen LogP) is 5.10. The smallest absolute Gasteiger partial charge is 0.418 e. The molecule has 0 N–H and O–H groups in total. The van der Waals surface area contributed by atoms with Crippen LogP contribution in [0.25, 0.3) is 22.0 Å². The van der Waals surface area contributed by atoms with Crippen LogP contribution in [0.4, 0.5) is 4.79 Å². The normalized spacial score (nSPS) is 11.5. The Hall–Kier alpha value is -2.75. The van der Waals surface area contributed by atoms with Crippen molar-refractivity contribution in [3.8, 4) is 16.9 Å². The molecule has 0 spiro atoms. The molecule has 124 valence electrons. The van der Waals surface area contributed by atoms with E-state index in [-0.39, 0.29) is 6.09 Å². The molecule has 4 heteroatoms. The molecule has 0 unspecified atom stereocenters. The quantitative estimate of drug-likeness (QED) is 0.659. The van der Waals surface area contributed by atoms with Crippen molar-refractivity contribution in [3.05, 3.63) is 54.7 Å². The summed E-state index contributed by atoms with van der Waals surface area (Å²) in [7, 11) is 1.65. The standard InChI is InChI=1S/C20H21NO3/c1-20(2,3)24-19(22)21-12-11-15-5-6-16(13-18(15)21)14-7-9-17(23-4)10-8-14/h5-13H,1-4H3. The minimum atomic E-state index is -0.527. The third-order valence-corrected chi connectivity index (χ3v) is 3.71. The summed E-state index contributed by atoms with van der Waals surface area (Å²) >= 11 is 0. The lowest BCUT2D eigenvalue weighted by atomic mass is 10.0. The number of fused-ring (bicyclic) bond motifs is 1. The number of methoxy groups -OCH3 is 1. The van der Waals surface area contributed by atoms with E-state index < -0.39 is 5.60 Å². The number of hydrogen-bond acceptors (Lipinski definition) is 3. The van der Waals surface area contributed by atoms with Crippen LogP contribution in [0.15, 0.2) is 54.7 Å². The van der Waals surface area contributed by atoms with E-state index in [0.717, 1.165) is 27.8 Å². The van der Waals surface area contributed by atoms with Crippen LogP contribution in [0.5, 0.6) is 5.75 Å². The van der Waals surface area contributed by atoms with Crippen molar-refractivity contribution in [1.82, 2.24) is 4.57 Å². The Labute approximate surface area is 141 Å². The van der Waals surface area contributed by atoms with Gasteiger partial charge in [-0.05, 0) is 56.2 Å². The molecule has 0 amide bonds. The van der Waals surface area contributed by atoms with Gasteiger partial charge in [0.15, 0.2) is 0 Å². The molecule has 2 aromatic carbocycles. The molecule has 3 aromatic rings. The van der Waals surface area contributed by atoms with Crippen LogP contribution in [-0.2, 0) is 4.74 Å². The Bertz CT molecular complexity index is 870. The minimum absolute atomic E-state index is 0.371. The topological polar surface area (TPSA) is 40.5 Å². The highest BCUT2D eigenvalue weighted by molar-refractivity contribution is 5.92. The number of nitrogens with zero attached hydrogens (tertiary/aromatic N) is 1. The first-order valence-electron chi connectivity index (χ1n) is 7.86. The van der Waals surface area contributed by atoms with E-state index in [1.54, 1.807) is 17.9 Å². The molecule has 3 rings (SSSR count). The number of aromatic nitrogens is 1. The summed E-state index contributed by atoms with van der Waals surface area (Å²) in [5.74, 6) is 0.817. The van der Waals surface area contributed by atoms with Gasteiger partial charge in [-0.3, -0.25) is 4.57 Å². The van der Waals surface area contributed by atoms with Crippen molar-refractivity contribution < 1.29 is 14.3 Å². The third-order valence-electron chi connectivity index (χ3n) is 3.71. The zero-order valence-corrected chi connectivity index (χ0v) is 14.4. The SMILES string of the molecule is COc1ccc(-c2ccc3ccn(C(=O)OC(C)(C)C)c3c2)cc1. The van der Waals surface area contributed by atoms with Crippen LogP contribution < -0.4 is 4.74 Å². The van der Waals surface area contributed by atoms with Gasteiger partial charge in [-0.2, -0.15) is 0 Å². The van der Waals surface area contributed by atoms with Gasteiger partial charge in [-0.15, -0.1) is 0 Å². The molecular weight excluding hydrogens is 302 g/mol. The number of hydrogen-bond donors (Lipinski definition) is 0. The van der Waals surface area contributed by atoms with Crippen LogP contribution in [0, 0.1) is 0 Å². The lowest BCUT2D eigenvalue weighted by molar-refractivity contribution is 0.0544. The maximum atomic E-state index is 12.4. The number of rotatable bonds is 2. The lowest BCUT2D eigenvalue weighted by Gasteiger charge is -2.19. The summed E-state index contributed by atoms with van der Waals surface area (Å²) in [5, 5.41) is 0.998. The number of ether oxygens (including phenoxy) is 2. The number of carbonyl (C=O) groups excluding carboxylic acids is 1. The molecular formula is C20H21NO3. The fourth-order valence-corrected chi connectivity index (χ4v) is 2.56. The summed E-state index contributed by atoms with van der Waals surface area (Å²) < 4.78 is 12.2. The third kappa shape index (κ3) is 3.27. The van der Waals surface area contributed by atoms with E-state index in [4.69, 9.17) is 9.47 Å². The largest absolute Gasteiger partial charge is 0.497 e. The zero-order chi connectivity index (χ0) is 17.3. The average Bonchev–Trinajstić information content (AvgIpc) is 2.96. The Kier molecular flexibility index (Phi) is 4.06. The average molecular weight is 323 g/mol. The first kappa shape index (κ1) is 16.1. The molecule has 0 aliphatic carbocycles. The fourth-order valence-electron chi connectivity index (χ4n) is 2.56. The first-order chi connectivity index (χ1) is 11.4. The van der Waals surface area contributed by atoms with Crippen LogP contribution >= 0.6 is 0 Å². The molecule has 0 fully saturated rings. The lowest BCUT2D eigenvalue weighted by Crippen LogP contribution is -2.26. The van der Waals surface area contributed by atoms with Crippen molar-refractivity contribution >= 4 is 17.0 Å². The summed E-state index contributed by atoms with van der Waals surface area (Å²) in [5.41, 5.74) is 2.40. The van der Waals surface area contributed by atoms with Gasteiger partial charge in [0.05, 0.1) is 12.6 Å². The Morgan fingerprint density at radius 3 is 2.25 bits per heavy atom. The number of benzene rings is 2. The summed E-state index contributed by atoms with van der Waals surface area (Å²) in [6.45, 7) is 5.58. The van der Waals surface area contributed by atoms with Gasteiger partial charge in [0, 0.05) is 11.6 Å². The molecule has 0 aliphatic rings. The van der Waals surface area contributed by atoms with Crippen LogP contribution in [0.2, 0.25) is 0 Å².